The number of nitrogens with zero attached hydrogens (tertiary/aromatic N) is 1. The summed E-state index contributed by atoms with van der Waals surface area (Å²) >= 11 is 0. The Morgan fingerprint density at radius 3 is 2.72 bits per heavy atom. The van der Waals surface area contributed by atoms with Crippen LogP contribution < -0.4 is 19.7 Å². The van der Waals surface area contributed by atoms with Gasteiger partial charge < -0.3 is 24.4 Å². The number of nitrogens with one attached hydrogen (secondary N) is 1. The lowest BCUT2D eigenvalue weighted by Crippen LogP contribution is -2.22. The molecule has 0 unspecified atom stereocenters. The van der Waals surface area contributed by atoms with Crippen molar-refractivity contribution in [3.8, 4) is 11.5 Å². The van der Waals surface area contributed by atoms with E-state index >= 15 is 0 Å². The van der Waals surface area contributed by atoms with Crippen LogP contribution in [0, 0.1) is 0 Å². The van der Waals surface area contributed by atoms with Gasteiger partial charge in [-0.3, -0.25) is 4.79 Å². The maximum atomic E-state index is 12.4. The monoisotopic (exact) mass is 340 g/mol. The average molecular weight is 340 g/mol. The normalized spacial score (nSPS) is 18.4. The van der Waals surface area contributed by atoms with Gasteiger partial charge in [-0.2, -0.15) is 0 Å². The van der Waals surface area contributed by atoms with Gasteiger partial charge in [-0.15, -0.1) is 0 Å². The SMILES string of the molecule is CO[C@@H]1CCN(c2ccc(NC(=O)c3ccc4c(c3)OCO4)cc2)C1. The molecule has 0 aromatic heterocycles. The van der Waals surface area contributed by atoms with E-state index in [1.54, 1.807) is 25.3 Å². The van der Waals surface area contributed by atoms with Crippen LogP contribution in [0.1, 0.15) is 16.8 Å². The van der Waals surface area contributed by atoms with Crippen molar-refractivity contribution in [1.29, 1.82) is 0 Å². The van der Waals surface area contributed by atoms with Crippen LogP contribution >= 0.6 is 0 Å². The van der Waals surface area contributed by atoms with E-state index in [0.717, 1.165) is 30.9 Å². The molecule has 4 rings (SSSR count). The molecule has 25 heavy (non-hydrogen) atoms. The molecule has 2 aliphatic rings. The molecule has 0 aliphatic carbocycles. The van der Waals surface area contributed by atoms with Crippen LogP contribution in [0.4, 0.5) is 11.4 Å². The molecule has 2 heterocycles. The minimum absolute atomic E-state index is 0.174. The highest BCUT2D eigenvalue weighted by molar-refractivity contribution is 6.04. The number of rotatable bonds is 4. The van der Waals surface area contributed by atoms with Crippen LogP contribution in [0.2, 0.25) is 0 Å². The van der Waals surface area contributed by atoms with Crippen molar-refractivity contribution in [3.05, 3.63) is 48.0 Å². The molecule has 2 aliphatic heterocycles. The molecule has 6 heteroatoms. The third kappa shape index (κ3) is 3.25. The molecule has 0 radical (unpaired) electrons. The van der Waals surface area contributed by atoms with E-state index < -0.39 is 0 Å². The smallest absolute Gasteiger partial charge is 0.255 e. The van der Waals surface area contributed by atoms with Gasteiger partial charge in [0.05, 0.1) is 6.10 Å². The fourth-order valence-corrected chi connectivity index (χ4v) is 3.15. The fraction of sp³-hybridized carbons (Fsp3) is 0.316. The van der Waals surface area contributed by atoms with Gasteiger partial charge in [-0.05, 0) is 48.9 Å². The summed E-state index contributed by atoms with van der Waals surface area (Å²) in [5, 5.41) is 2.91. The Balaban J connectivity index is 1.42. The van der Waals surface area contributed by atoms with Crippen LogP contribution in [-0.4, -0.2) is 39.0 Å². The molecule has 2 aromatic carbocycles. The lowest BCUT2D eigenvalue weighted by molar-refractivity contribution is 0.102. The Hall–Kier alpha value is -2.73. The van der Waals surface area contributed by atoms with Crippen LogP contribution in [0.25, 0.3) is 0 Å². The number of benzene rings is 2. The van der Waals surface area contributed by atoms with Gasteiger partial charge in [-0.25, -0.2) is 0 Å². The Morgan fingerprint density at radius 1 is 1.16 bits per heavy atom. The first-order valence-electron chi connectivity index (χ1n) is 8.32. The largest absolute Gasteiger partial charge is 0.454 e. The zero-order valence-corrected chi connectivity index (χ0v) is 14.0. The number of fused-ring (bicyclic) bond motifs is 1. The summed E-state index contributed by atoms with van der Waals surface area (Å²) in [6, 6.07) is 13.1. The topological polar surface area (TPSA) is 60.0 Å². The standard InChI is InChI=1S/C19H20N2O4/c1-23-16-8-9-21(11-16)15-5-3-14(4-6-15)20-19(22)13-2-7-17-18(10-13)25-12-24-17/h2-7,10,16H,8-9,11-12H2,1H3,(H,20,22)/t16-/m1/s1. The van der Waals surface area contributed by atoms with Crippen LogP contribution in [0.15, 0.2) is 42.5 Å². The lowest BCUT2D eigenvalue weighted by Gasteiger charge is -2.18. The zero-order valence-electron chi connectivity index (χ0n) is 14.0. The van der Waals surface area contributed by atoms with Gasteiger partial charge in [0.1, 0.15) is 0 Å². The van der Waals surface area contributed by atoms with Gasteiger partial charge in [0.15, 0.2) is 11.5 Å². The summed E-state index contributed by atoms with van der Waals surface area (Å²) in [7, 11) is 1.75. The summed E-state index contributed by atoms with van der Waals surface area (Å²) in [4.78, 5) is 14.7. The number of carbonyl (C=O) groups is 1. The van der Waals surface area contributed by atoms with Crippen molar-refractivity contribution in [2.45, 2.75) is 12.5 Å². The predicted molar refractivity (Wildman–Crippen MR) is 94.6 cm³/mol. The third-order valence-electron chi connectivity index (χ3n) is 4.60. The highest BCUT2D eigenvalue weighted by Gasteiger charge is 2.22. The van der Waals surface area contributed by atoms with Gasteiger partial charge in [0.25, 0.3) is 5.91 Å². The maximum absolute atomic E-state index is 12.4. The van der Waals surface area contributed by atoms with E-state index in [1.807, 2.05) is 24.3 Å². The lowest BCUT2D eigenvalue weighted by atomic mass is 10.2. The highest BCUT2D eigenvalue weighted by atomic mass is 16.7. The number of hydrogen-bond acceptors (Lipinski definition) is 5. The second kappa shape index (κ2) is 6.64. The van der Waals surface area contributed by atoms with Crippen LogP contribution in [0.5, 0.6) is 11.5 Å². The molecule has 0 saturated carbocycles. The minimum Gasteiger partial charge on any atom is -0.454 e. The molecule has 1 atom stereocenters. The van der Waals surface area contributed by atoms with Crippen molar-refractivity contribution in [2.75, 3.05) is 37.2 Å². The van der Waals surface area contributed by atoms with E-state index in [0.29, 0.717) is 23.2 Å². The maximum Gasteiger partial charge on any atom is 0.255 e. The van der Waals surface area contributed by atoms with E-state index in [2.05, 4.69) is 10.2 Å². The van der Waals surface area contributed by atoms with Crippen molar-refractivity contribution >= 4 is 17.3 Å². The molecule has 2 aromatic rings. The number of amides is 1. The second-order valence-corrected chi connectivity index (χ2v) is 6.16. The molecule has 0 spiro atoms. The molecule has 6 nitrogen and oxygen atoms in total. The van der Waals surface area contributed by atoms with Crippen molar-refractivity contribution in [1.82, 2.24) is 0 Å². The molecule has 0 bridgehead atoms. The number of hydrogen-bond donors (Lipinski definition) is 1. The Morgan fingerprint density at radius 2 is 1.96 bits per heavy atom. The molecule has 1 amide bonds. The van der Waals surface area contributed by atoms with Gasteiger partial charge in [-0.1, -0.05) is 0 Å². The Kier molecular flexibility index (Phi) is 4.19. The average Bonchev–Trinajstić information content (AvgIpc) is 3.30. The summed E-state index contributed by atoms with van der Waals surface area (Å²) in [6.45, 7) is 2.09. The Labute approximate surface area is 146 Å². The Bertz CT molecular complexity index is 775. The van der Waals surface area contributed by atoms with Crippen LogP contribution in [0.3, 0.4) is 0 Å². The number of anilines is 2. The number of carbonyl (C=O) groups excluding carboxylic acids is 1. The molecule has 1 saturated heterocycles. The van der Waals surface area contributed by atoms with E-state index in [1.165, 1.54) is 0 Å². The van der Waals surface area contributed by atoms with Gasteiger partial charge in [0.2, 0.25) is 6.79 Å². The minimum atomic E-state index is -0.174. The molecule has 1 N–H and O–H groups in total. The predicted octanol–water partition coefficient (Wildman–Crippen LogP) is 2.89. The van der Waals surface area contributed by atoms with E-state index in [-0.39, 0.29) is 12.7 Å². The molecule has 130 valence electrons. The zero-order chi connectivity index (χ0) is 17.2. The van der Waals surface area contributed by atoms with Gasteiger partial charge >= 0.3 is 0 Å². The fourth-order valence-electron chi connectivity index (χ4n) is 3.15. The molecular formula is C19H20N2O4. The van der Waals surface area contributed by atoms with Crippen molar-refractivity contribution in [2.24, 2.45) is 0 Å². The molecular weight excluding hydrogens is 320 g/mol. The third-order valence-corrected chi connectivity index (χ3v) is 4.60. The number of ether oxygens (including phenoxy) is 3. The van der Waals surface area contributed by atoms with Crippen LogP contribution in [-0.2, 0) is 4.74 Å². The summed E-state index contributed by atoms with van der Waals surface area (Å²) in [5.41, 5.74) is 2.44. The summed E-state index contributed by atoms with van der Waals surface area (Å²) in [5.74, 6) is 1.09. The van der Waals surface area contributed by atoms with Gasteiger partial charge in [0, 0.05) is 37.1 Å². The summed E-state index contributed by atoms with van der Waals surface area (Å²) < 4.78 is 16.0. The highest BCUT2D eigenvalue weighted by Crippen LogP contribution is 2.32. The van der Waals surface area contributed by atoms with Crippen molar-refractivity contribution in [3.63, 3.8) is 0 Å². The van der Waals surface area contributed by atoms with E-state index in [4.69, 9.17) is 14.2 Å². The molecule has 1 fully saturated rings. The summed E-state index contributed by atoms with van der Waals surface area (Å²) in [6.07, 6.45) is 1.34. The first kappa shape index (κ1) is 15.8. The quantitative estimate of drug-likeness (QED) is 0.927. The van der Waals surface area contributed by atoms with E-state index in [9.17, 15) is 4.79 Å². The first-order chi connectivity index (χ1) is 12.2. The first-order valence-corrected chi connectivity index (χ1v) is 8.32. The second-order valence-electron chi connectivity index (χ2n) is 6.16. The van der Waals surface area contributed by atoms with Crippen molar-refractivity contribution < 1.29 is 19.0 Å². The number of methoxy groups -OCH3 is 1.